The Morgan fingerprint density at radius 2 is 1.73 bits per heavy atom. The number of sulfonamides is 1. The normalized spacial score (nSPS) is 11.2. The van der Waals surface area contributed by atoms with Crippen molar-refractivity contribution in [1.29, 1.82) is 0 Å². The van der Waals surface area contributed by atoms with Crippen LogP contribution in [-0.2, 0) is 43.7 Å². The van der Waals surface area contributed by atoms with Gasteiger partial charge < -0.3 is 15.0 Å². The summed E-state index contributed by atoms with van der Waals surface area (Å²) >= 11 is 1.31. The standard InChI is InChI=1S/C29H35N3O6S2/c1-6-30-29(35)40(36,37)31-28-25(17-24(39-28)15-19(2)3)22-13-11-21(12-14-22)18-32(20(4)33)26-10-8-7-9-23(26)16-27(34)38-5/h7-14,17,19,31H,6,15-16,18H2,1-5H3,(H,30,35). The number of nitrogens with zero attached hydrogens (tertiary/aromatic N) is 1. The summed E-state index contributed by atoms with van der Waals surface area (Å²) in [5, 5.41) is 1.62. The first kappa shape index (κ1) is 30.8. The van der Waals surface area contributed by atoms with Crippen LogP contribution in [0.4, 0.5) is 15.5 Å². The van der Waals surface area contributed by atoms with Crippen molar-refractivity contribution in [2.75, 3.05) is 23.3 Å². The third-order valence-electron chi connectivity index (χ3n) is 6.02. The van der Waals surface area contributed by atoms with Crippen LogP contribution in [0.1, 0.15) is 43.7 Å². The topological polar surface area (TPSA) is 122 Å². The number of amides is 2. The molecule has 0 unspecified atom stereocenters. The molecule has 2 N–H and O–H groups in total. The van der Waals surface area contributed by atoms with Crippen molar-refractivity contribution >= 4 is 49.2 Å². The molecule has 3 aromatic rings. The van der Waals surface area contributed by atoms with E-state index < -0.39 is 21.2 Å². The fraction of sp³-hybridized carbons (Fsp3) is 0.345. The van der Waals surface area contributed by atoms with Crippen LogP contribution in [-0.4, -0.2) is 39.2 Å². The molecule has 1 aromatic heterocycles. The summed E-state index contributed by atoms with van der Waals surface area (Å²) in [5.74, 6) is -0.215. The van der Waals surface area contributed by atoms with Crippen LogP contribution in [0.25, 0.3) is 11.1 Å². The number of esters is 1. The number of hydrogen-bond acceptors (Lipinski definition) is 7. The molecule has 11 heteroatoms. The highest BCUT2D eigenvalue weighted by atomic mass is 32.2. The van der Waals surface area contributed by atoms with Crippen LogP contribution >= 0.6 is 11.3 Å². The van der Waals surface area contributed by atoms with Crippen molar-refractivity contribution in [3.63, 3.8) is 0 Å². The molecule has 0 atom stereocenters. The molecule has 0 aliphatic heterocycles. The molecule has 0 aliphatic rings. The van der Waals surface area contributed by atoms with E-state index in [2.05, 4.69) is 23.9 Å². The summed E-state index contributed by atoms with van der Waals surface area (Å²) in [5.41, 5.74) is 3.59. The minimum atomic E-state index is -4.27. The Morgan fingerprint density at radius 3 is 2.33 bits per heavy atom. The van der Waals surface area contributed by atoms with Crippen molar-refractivity contribution in [1.82, 2.24) is 5.32 Å². The number of methoxy groups -OCH3 is 1. The number of para-hydroxylation sites is 1. The molecule has 1 heterocycles. The van der Waals surface area contributed by atoms with Crippen molar-refractivity contribution in [2.45, 2.75) is 47.1 Å². The highest BCUT2D eigenvalue weighted by Crippen LogP contribution is 2.38. The summed E-state index contributed by atoms with van der Waals surface area (Å²) in [6.07, 6.45) is 0.804. The zero-order chi connectivity index (χ0) is 29.4. The van der Waals surface area contributed by atoms with E-state index in [9.17, 15) is 22.8 Å². The molecule has 40 heavy (non-hydrogen) atoms. The number of carbonyl (C=O) groups is 3. The summed E-state index contributed by atoms with van der Waals surface area (Å²) < 4.78 is 32.5. The van der Waals surface area contributed by atoms with Crippen LogP contribution in [0, 0.1) is 5.92 Å². The molecule has 0 spiro atoms. The fourth-order valence-corrected chi connectivity index (χ4v) is 6.55. The maximum atomic E-state index is 12.6. The highest BCUT2D eigenvalue weighted by molar-refractivity contribution is 8.07. The molecule has 0 bridgehead atoms. The van der Waals surface area contributed by atoms with E-state index in [0.29, 0.717) is 27.7 Å². The second kappa shape index (κ2) is 13.6. The van der Waals surface area contributed by atoms with Crippen molar-refractivity contribution in [2.24, 2.45) is 5.92 Å². The smallest absolute Gasteiger partial charge is 0.357 e. The number of carbonyl (C=O) groups excluding carboxylic acids is 3. The summed E-state index contributed by atoms with van der Waals surface area (Å²) in [4.78, 5) is 39.2. The molecular weight excluding hydrogens is 550 g/mol. The molecular formula is C29H35N3O6S2. The Balaban J connectivity index is 1.92. The maximum Gasteiger partial charge on any atom is 0.357 e. The van der Waals surface area contributed by atoms with E-state index in [-0.39, 0.29) is 25.4 Å². The van der Waals surface area contributed by atoms with Gasteiger partial charge >= 0.3 is 21.2 Å². The molecule has 9 nitrogen and oxygen atoms in total. The Bertz CT molecular complexity index is 1460. The number of hydrogen-bond donors (Lipinski definition) is 2. The molecule has 0 radical (unpaired) electrons. The lowest BCUT2D eigenvalue weighted by Crippen LogP contribution is -2.33. The van der Waals surface area contributed by atoms with Gasteiger partial charge in [0.05, 0.1) is 20.1 Å². The van der Waals surface area contributed by atoms with Gasteiger partial charge in [-0.3, -0.25) is 19.1 Å². The van der Waals surface area contributed by atoms with Gasteiger partial charge in [-0.05, 0) is 48.1 Å². The van der Waals surface area contributed by atoms with E-state index in [4.69, 9.17) is 4.74 Å². The third-order valence-corrected chi connectivity index (χ3v) is 8.32. The van der Waals surface area contributed by atoms with E-state index in [1.54, 1.807) is 30.0 Å². The first-order valence-corrected chi connectivity index (χ1v) is 15.2. The Labute approximate surface area is 239 Å². The average Bonchev–Trinajstić information content (AvgIpc) is 3.28. The number of benzene rings is 2. The first-order chi connectivity index (χ1) is 18.9. The van der Waals surface area contributed by atoms with Crippen LogP contribution < -0.4 is 14.9 Å². The van der Waals surface area contributed by atoms with Crippen LogP contribution in [0.5, 0.6) is 0 Å². The quantitative estimate of drug-likeness (QED) is 0.293. The van der Waals surface area contributed by atoms with Crippen LogP contribution in [0.2, 0.25) is 0 Å². The minimum absolute atomic E-state index is 0.0429. The predicted molar refractivity (Wildman–Crippen MR) is 159 cm³/mol. The molecule has 0 saturated heterocycles. The number of rotatable bonds is 11. The molecule has 0 fully saturated rings. The monoisotopic (exact) mass is 585 g/mol. The van der Waals surface area contributed by atoms with Gasteiger partial charge in [0, 0.05) is 29.6 Å². The summed E-state index contributed by atoms with van der Waals surface area (Å²) in [7, 11) is -2.94. The van der Waals surface area contributed by atoms with Gasteiger partial charge in [0.1, 0.15) is 5.00 Å². The Kier molecular flexibility index (Phi) is 10.5. The van der Waals surface area contributed by atoms with E-state index >= 15 is 0 Å². The number of thiophene rings is 1. The fourth-order valence-electron chi connectivity index (χ4n) is 4.13. The van der Waals surface area contributed by atoms with Crippen LogP contribution in [0.3, 0.4) is 0 Å². The minimum Gasteiger partial charge on any atom is -0.469 e. The van der Waals surface area contributed by atoms with Crippen molar-refractivity contribution in [3.05, 3.63) is 70.6 Å². The SMILES string of the molecule is CCNC(=O)S(=O)(=O)Nc1sc(CC(C)C)cc1-c1ccc(CN(C(C)=O)c2ccccc2CC(=O)OC)cc1. The second-order valence-corrected chi connectivity index (χ2v) is 12.4. The number of nitrogens with one attached hydrogen (secondary N) is 2. The lowest BCUT2D eigenvalue weighted by atomic mass is 10.0. The zero-order valence-corrected chi connectivity index (χ0v) is 24.9. The van der Waals surface area contributed by atoms with E-state index in [1.165, 1.54) is 25.4 Å². The zero-order valence-electron chi connectivity index (χ0n) is 23.3. The van der Waals surface area contributed by atoms with Gasteiger partial charge in [-0.2, -0.15) is 8.42 Å². The molecule has 0 saturated carbocycles. The Morgan fingerprint density at radius 1 is 1.05 bits per heavy atom. The Hall–Kier alpha value is -3.70. The van der Waals surface area contributed by atoms with Gasteiger partial charge in [0.2, 0.25) is 5.91 Å². The first-order valence-electron chi connectivity index (χ1n) is 12.9. The number of anilines is 2. The summed E-state index contributed by atoms with van der Waals surface area (Å²) in [6.45, 7) is 7.75. The molecule has 2 aromatic carbocycles. The van der Waals surface area contributed by atoms with Crippen molar-refractivity contribution in [3.8, 4) is 11.1 Å². The van der Waals surface area contributed by atoms with Crippen LogP contribution in [0.15, 0.2) is 54.6 Å². The lowest BCUT2D eigenvalue weighted by molar-refractivity contribution is -0.139. The van der Waals surface area contributed by atoms with Crippen molar-refractivity contribution < 1.29 is 27.5 Å². The molecule has 3 rings (SSSR count). The average molecular weight is 586 g/mol. The maximum absolute atomic E-state index is 12.6. The predicted octanol–water partition coefficient (Wildman–Crippen LogP) is 5.35. The van der Waals surface area contributed by atoms with E-state index in [0.717, 1.165) is 22.4 Å². The van der Waals surface area contributed by atoms with Gasteiger partial charge in [-0.15, -0.1) is 11.3 Å². The second-order valence-electron chi connectivity index (χ2n) is 9.66. The molecule has 214 valence electrons. The van der Waals surface area contributed by atoms with Gasteiger partial charge in [0.25, 0.3) is 0 Å². The number of ether oxygens (including phenoxy) is 1. The lowest BCUT2D eigenvalue weighted by Gasteiger charge is -2.24. The largest absolute Gasteiger partial charge is 0.469 e. The molecule has 2 amide bonds. The molecule has 0 aliphatic carbocycles. The third kappa shape index (κ3) is 7.92. The summed E-state index contributed by atoms with van der Waals surface area (Å²) in [6, 6.07) is 16.6. The highest BCUT2D eigenvalue weighted by Gasteiger charge is 2.25. The van der Waals surface area contributed by atoms with Gasteiger partial charge in [-0.25, -0.2) is 0 Å². The van der Waals surface area contributed by atoms with Gasteiger partial charge in [-0.1, -0.05) is 56.3 Å². The van der Waals surface area contributed by atoms with Gasteiger partial charge in [0.15, 0.2) is 0 Å². The van der Waals surface area contributed by atoms with E-state index in [1.807, 2.05) is 36.4 Å².